The van der Waals surface area contributed by atoms with Gasteiger partial charge in [0.2, 0.25) is 12.2 Å². The molecule has 0 aliphatic carbocycles. The predicted octanol–water partition coefficient (Wildman–Crippen LogP) is 0.452. The van der Waals surface area contributed by atoms with Crippen LogP contribution in [0.15, 0.2) is 9.98 Å². The summed E-state index contributed by atoms with van der Waals surface area (Å²) < 4.78 is 4.83. The third-order valence-electron chi connectivity index (χ3n) is 1.43. The summed E-state index contributed by atoms with van der Waals surface area (Å²) >= 11 is 0. The third-order valence-corrected chi connectivity index (χ3v) is 1.43. The number of isocyanates is 2. The van der Waals surface area contributed by atoms with Crippen molar-refractivity contribution in [1.29, 1.82) is 0 Å². The normalized spacial score (nSPS) is 7.79. The molecule has 7 nitrogen and oxygen atoms in total. The summed E-state index contributed by atoms with van der Waals surface area (Å²) in [5, 5.41) is 15.2. The van der Waals surface area contributed by atoms with Crippen LogP contribution in [0.4, 0.5) is 0 Å². The van der Waals surface area contributed by atoms with Gasteiger partial charge in [-0.25, -0.2) is 19.6 Å². The fourth-order valence-corrected chi connectivity index (χ4v) is 0.677. The molecule has 0 aromatic rings. The molecule has 0 saturated carbocycles. The summed E-state index contributed by atoms with van der Waals surface area (Å²) in [7, 11) is 0. The second-order valence-electron chi connectivity index (χ2n) is 2.88. The van der Waals surface area contributed by atoms with E-state index in [9.17, 15) is 9.59 Å². The van der Waals surface area contributed by atoms with Crippen LogP contribution in [0, 0.1) is 0 Å². The van der Waals surface area contributed by atoms with Crippen LogP contribution < -0.4 is 0 Å². The van der Waals surface area contributed by atoms with Gasteiger partial charge in [-0.3, -0.25) is 0 Å². The molecule has 0 aliphatic rings. The predicted molar refractivity (Wildman–Crippen MR) is 71.5 cm³/mol. The highest BCUT2D eigenvalue weighted by Crippen LogP contribution is 1.88. The zero-order chi connectivity index (χ0) is 15.2. The lowest BCUT2D eigenvalue weighted by atomic mass is 10.3. The maximum absolute atomic E-state index is 9.52. The van der Waals surface area contributed by atoms with E-state index in [1.54, 1.807) is 0 Å². The number of hydrogen-bond donors (Lipinski definition) is 2. The molecule has 0 radical (unpaired) electrons. The molecule has 2 N–H and O–H groups in total. The zero-order valence-electron chi connectivity index (χ0n) is 11.7. The Morgan fingerprint density at radius 3 is 1.42 bits per heavy atom. The first kappa shape index (κ1) is 22.8. The van der Waals surface area contributed by atoms with Gasteiger partial charge in [-0.2, -0.15) is 0 Å². The largest absolute Gasteiger partial charge is 0.394 e. The Balaban J connectivity index is -0.000000238. The average molecular weight is 276 g/mol. The van der Waals surface area contributed by atoms with Crippen molar-refractivity contribution in [3.63, 3.8) is 0 Å². The number of aliphatic hydroxyl groups excluding tert-OH is 2. The minimum Gasteiger partial charge on any atom is -0.394 e. The zero-order valence-corrected chi connectivity index (χ0v) is 11.7. The summed E-state index contributed by atoms with van der Waals surface area (Å²) in [4.78, 5) is 25.7. The Labute approximate surface area is 114 Å². The topological polar surface area (TPSA) is 109 Å². The van der Waals surface area contributed by atoms with E-state index in [0.29, 0.717) is 13.1 Å². The Morgan fingerprint density at radius 1 is 0.895 bits per heavy atom. The lowest BCUT2D eigenvalue weighted by molar-refractivity contribution is 0.162. The molecule has 0 heterocycles. The molecule has 0 amide bonds. The third kappa shape index (κ3) is 47.8. The smallest absolute Gasteiger partial charge is 0.234 e. The molecule has 0 atom stereocenters. The van der Waals surface area contributed by atoms with E-state index in [4.69, 9.17) is 14.9 Å². The molecular weight excluding hydrogens is 252 g/mol. The molecule has 0 aliphatic heterocycles. The van der Waals surface area contributed by atoms with Gasteiger partial charge >= 0.3 is 0 Å². The first-order valence-corrected chi connectivity index (χ1v) is 6.11. The molecule has 0 unspecified atom stereocenters. The second kappa shape index (κ2) is 30.0. The standard InChI is InChI=1S/C6H8N2O2.C4H10O.C2H6O2/c9-5-7-3-1-2-4-8-6-10;1-3-5-4-2;3-1-2-4/h1-4H2;3-4H2,1-2H3;3-4H,1-2H2. The summed E-state index contributed by atoms with van der Waals surface area (Å²) in [5.74, 6) is 0. The molecule has 0 spiro atoms. The van der Waals surface area contributed by atoms with E-state index in [1.807, 2.05) is 13.8 Å². The van der Waals surface area contributed by atoms with Crippen molar-refractivity contribution in [2.45, 2.75) is 26.7 Å². The van der Waals surface area contributed by atoms with E-state index >= 15 is 0 Å². The Kier molecular flexibility index (Phi) is 36.0. The van der Waals surface area contributed by atoms with Gasteiger partial charge in [0.1, 0.15) is 0 Å². The molecule has 0 fully saturated rings. The van der Waals surface area contributed by atoms with Crippen LogP contribution in [0.5, 0.6) is 0 Å². The SMILES string of the molecule is CCOCC.O=C=NCCCCN=C=O.OCCO. The van der Waals surface area contributed by atoms with Crippen LogP contribution in [0.3, 0.4) is 0 Å². The van der Waals surface area contributed by atoms with Gasteiger partial charge in [-0.1, -0.05) is 0 Å². The van der Waals surface area contributed by atoms with Crippen LogP contribution in [0.2, 0.25) is 0 Å². The van der Waals surface area contributed by atoms with Crippen molar-refractivity contribution < 1.29 is 24.5 Å². The van der Waals surface area contributed by atoms with E-state index in [2.05, 4.69) is 9.98 Å². The van der Waals surface area contributed by atoms with Crippen molar-refractivity contribution in [3.05, 3.63) is 0 Å². The Hall–Kier alpha value is -1.36. The van der Waals surface area contributed by atoms with Crippen LogP contribution in [0.1, 0.15) is 26.7 Å². The molecule has 0 aromatic heterocycles. The van der Waals surface area contributed by atoms with Gasteiger partial charge in [-0.15, -0.1) is 0 Å². The van der Waals surface area contributed by atoms with Crippen molar-refractivity contribution in [2.75, 3.05) is 39.5 Å². The van der Waals surface area contributed by atoms with Crippen LogP contribution in [-0.2, 0) is 14.3 Å². The Bertz CT molecular complexity index is 212. The molecule has 0 rings (SSSR count). The summed E-state index contributed by atoms with van der Waals surface area (Å²) in [5.41, 5.74) is 0. The van der Waals surface area contributed by atoms with Crippen LogP contribution >= 0.6 is 0 Å². The maximum atomic E-state index is 9.52. The number of hydrogen-bond acceptors (Lipinski definition) is 7. The number of rotatable bonds is 8. The molecule has 0 bridgehead atoms. The van der Waals surface area contributed by atoms with Crippen molar-refractivity contribution >= 4 is 12.2 Å². The number of aliphatic imine (C=N–C) groups is 2. The average Bonchev–Trinajstić information content (AvgIpc) is 2.45. The fraction of sp³-hybridized carbons (Fsp3) is 0.833. The highest BCUT2D eigenvalue weighted by molar-refractivity contribution is 5.33. The Morgan fingerprint density at radius 2 is 1.26 bits per heavy atom. The van der Waals surface area contributed by atoms with Gasteiger partial charge in [0.15, 0.2) is 0 Å². The van der Waals surface area contributed by atoms with Crippen molar-refractivity contribution in [2.24, 2.45) is 9.98 Å². The van der Waals surface area contributed by atoms with E-state index < -0.39 is 0 Å². The van der Waals surface area contributed by atoms with Gasteiger partial charge in [-0.05, 0) is 26.7 Å². The maximum Gasteiger partial charge on any atom is 0.234 e. The fourth-order valence-electron chi connectivity index (χ4n) is 0.677. The number of carbonyl (C=O) groups excluding carboxylic acids is 2. The lowest BCUT2D eigenvalue weighted by Crippen LogP contribution is -1.85. The minimum absolute atomic E-state index is 0.125. The van der Waals surface area contributed by atoms with Crippen LogP contribution in [0.25, 0.3) is 0 Å². The number of aliphatic hydroxyl groups is 2. The monoisotopic (exact) mass is 276 g/mol. The molecule has 19 heavy (non-hydrogen) atoms. The lowest BCUT2D eigenvalue weighted by Gasteiger charge is -1.87. The highest BCUT2D eigenvalue weighted by atomic mass is 16.5. The summed E-state index contributed by atoms with van der Waals surface area (Å²) in [6.07, 6.45) is 4.38. The van der Waals surface area contributed by atoms with E-state index in [-0.39, 0.29) is 13.2 Å². The van der Waals surface area contributed by atoms with E-state index in [0.717, 1.165) is 26.1 Å². The van der Waals surface area contributed by atoms with Crippen molar-refractivity contribution in [1.82, 2.24) is 0 Å². The quantitative estimate of drug-likeness (QED) is 0.380. The van der Waals surface area contributed by atoms with Gasteiger partial charge in [0.25, 0.3) is 0 Å². The van der Waals surface area contributed by atoms with Crippen molar-refractivity contribution in [3.8, 4) is 0 Å². The second-order valence-corrected chi connectivity index (χ2v) is 2.88. The van der Waals surface area contributed by atoms with Gasteiger partial charge in [0, 0.05) is 13.2 Å². The van der Waals surface area contributed by atoms with Gasteiger partial charge < -0.3 is 14.9 Å². The first-order valence-electron chi connectivity index (χ1n) is 6.11. The molecule has 0 aromatic carbocycles. The summed E-state index contributed by atoms with van der Waals surface area (Å²) in [6, 6.07) is 0. The molecule has 112 valence electrons. The highest BCUT2D eigenvalue weighted by Gasteiger charge is 1.83. The number of nitrogens with zero attached hydrogens (tertiary/aromatic N) is 2. The minimum atomic E-state index is -0.125. The molecule has 0 saturated heterocycles. The molecule has 7 heteroatoms. The van der Waals surface area contributed by atoms with Gasteiger partial charge in [0.05, 0.1) is 26.3 Å². The summed E-state index contributed by atoms with van der Waals surface area (Å²) in [6.45, 7) is 6.36. The number of unbranched alkanes of at least 4 members (excludes halogenated alkanes) is 1. The molecular formula is C12H24N2O5. The van der Waals surface area contributed by atoms with E-state index in [1.165, 1.54) is 12.2 Å². The number of ether oxygens (including phenoxy) is 1. The van der Waals surface area contributed by atoms with Crippen LogP contribution in [-0.4, -0.2) is 61.9 Å². The first-order chi connectivity index (χ1) is 9.24.